The Bertz CT molecular complexity index is 852. The summed E-state index contributed by atoms with van der Waals surface area (Å²) in [5, 5.41) is 11.3. The predicted molar refractivity (Wildman–Crippen MR) is 99.5 cm³/mol. The molecule has 1 heterocycles. The van der Waals surface area contributed by atoms with Crippen LogP contribution in [0.1, 0.15) is 11.1 Å². The van der Waals surface area contributed by atoms with Gasteiger partial charge in [0, 0.05) is 19.2 Å². The second-order valence-electron chi connectivity index (χ2n) is 5.51. The molecule has 0 bridgehead atoms. The number of aromatic nitrogens is 2. The molecular weight excluding hydrogens is 350 g/mol. The van der Waals surface area contributed by atoms with E-state index in [2.05, 4.69) is 15.5 Å². The Kier molecular flexibility index (Phi) is 6.40. The molecule has 0 radical (unpaired) electrons. The van der Waals surface area contributed by atoms with Crippen LogP contribution in [0.2, 0.25) is 0 Å². The molecule has 0 aliphatic rings. The SMILES string of the molecule is COCc1ccccc1CNC(=O)CSc1nnc(-c2ccccc2)o1. The molecule has 0 atom stereocenters. The third kappa shape index (κ3) is 4.93. The van der Waals surface area contributed by atoms with E-state index < -0.39 is 0 Å². The van der Waals surface area contributed by atoms with Gasteiger partial charge < -0.3 is 14.5 Å². The van der Waals surface area contributed by atoms with Gasteiger partial charge in [0.1, 0.15) is 0 Å². The summed E-state index contributed by atoms with van der Waals surface area (Å²) in [5.74, 6) is 0.562. The van der Waals surface area contributed by atoms with E-state index in [4.69, 9.17) is 9.15 Å². The van der Waals surface area contributed by atoms with Crippen LogP contribution < -0.4 is 5.32 Å². The van der Waals surface area contributed by atoms with Crippen molar-refractivity contribution >= 4 is 17.7 Å². The molecule has 1 N–H and O–H groups in total. The van der Waals surface area contributed by atoms with Gasteiger partial charge >= 0.3 is 0 Å². The highest BCUT2D eigenvalue weighted by molar-refractivity contribution is 7.99. The summed E-state index contributed by atoms with van der Waals surface area (Å²) in [4.78, 5) is 12.1. The number of methoxy groups -OCH3 is 1. The van der Waals surface area contributed by atoms with Crippen molar-refractivity contribution in [2.24, 2.45) is 0 Å². The third-order valence-corrected chi connectivity index (χ3v) is 4.47. The zero-order valence-corrected chi connectivity index (χ0v) is 15.2. The van der Waals surface area contributed by atoms with Crippen LogP contribution >= 0.6 is 11.8 Å². The highest BCUT2D eigenvalue weighted by Crippen LogP contribution is 2.22. The monoisotopic (exact) mass is 369 g/mol. The van der Waals surface area contributed by atoms with Crippen LogP contribution in [0.4, 0.5) is 0 Å². The Hall–Kier alpha value is -2.64. The lowest BCUT2D eigenvalue weighted by Gasteiger charge is -2.09. The van der Waals surface area contributed by atoms with Gasteiger partial charge in [-0.3, -0.25) is 4.79 Å². The first-order valence-corrected chi connectivity index (χ1v) is 9.09. The smallest absolute Gasteiger partial charge is 0.277 e. The van der Waals surface area contributed by atoms with Gasteiger partial charge in [-0.15, -0.1) is 10.2 Å². The number of benzene rings is 2. The molecule has 2 aromatic carbocycles. The molecule has 134 valence electrons. The third-order valence-electron chi connectivity index (χ3n) is 3.65. The molecule has 0 unspecified atom stereocenters. The lowest BCUT2D eigenvalue weighted by atomic mass is 10.1. The van der Waals surface area contributed by atoms with Gasteiger partial charge in [-0.25, -0.2) is 0 Å². The molecule has 0 saturated heterocycles. The number of hydrogen-bond acceptors (Lipinski definition) is 6. The first kappa shape index (κ1) is 18.2. The van der Waals surface area contributed by atoms with Gasteiger partial charge in [-0.2, -0.15) is 0 Å². The highest BCUT2D eigenvalue weighted by atomic mass is 32.2. The molecule has 0 spiro atoms. The van der Waals surface area contributed by atoms with Crippen LogP contribution in [0.3, 0.4) is 0 Å². The molecule has 0 saturated carbocycles. The largest absolute Gasteiger partial charge is 0.411 e. The van der Waals surface area contributed by atoms with Crippen LogP contribution in [0.25, 0.3) is 11.5 Å². The van der Waals surface area contributed by atoms with Gasteiger partial charge in [0.2, 0.25) is 11.8 Å². The molecule has 0 aliphatic carbocycles. The molecular formula is C19H19N3O3S. The summed E-state index contributed by atoms with van der Waals surface area (Å²) in [7, 11) is 1.65. The Morgan fingerprint density at radius 1 is 1.08 bits per heavy atom. The van der Waals surface area contributed by atoms with Crippen molar-refractivity contribution in [2.45, 2.75) is 18.4 Å². The Balaban J connectivity index is 1.50. The lowest BCUT2D eigenvalue weighted by Crippen LogP contribution is -2.25. The highest BCUT2D eigenvalue weighted by Gasteiger charge is 2.11. The van der Waals surface area contributed by atoms with Gasteiger partial charge in [-0.05, 0) is 23.3 Å². The Morgan fingerprint density at radius 3 is 2.58 bits per heavy atom. The number of carbonyl (C=O) groups excluding carboxylic acids is 1. The molecule has 3 rings (SSSR count). The maximum absolute atomic E-state index is 12.1. The Labute approximate surface area is 156 Å². The van der Waals surface area contributed by atoms with Crippen molar-refractivity contribution in [1.29, 1.82) is 0 Å². The summed E-state index contributed by atoms with van der Waals surface area (Å²) in [6, 6.07) is 17.4. The van der Waals surface area contributed by atoms with Crippen molar-refractivity contribution in [3.63, 3.8) is 0 Å². The molecule has 26 heavy (non-hydrogen) atoms. The van der Waals surface area contributed by atoms with E-state index in [1.165, 1.54) is 11.8 Å². The molecule has 7 heteroatoms. The average molecular weight is 369 g/mol. The number of nitrogens with zero attached hydrogens (tertiary/aromatic N) is 2. The van der Waals surface area contributed by atoms with Crippen molar-refractivity contribution in [3.05, 3.63) is 65.7 Å². The fraction of sp³-hybridized carbons (Fsp3) is 0.211. The van der Waals surface area contributed by atoms with Crippen LogP contribution in [0.5, 0.6) is 0 Å². The average Bonchev–Trinajstić information content (AvgIpc) is 3.16. The van der Waals surface area contributed by atoms with Gasteiger partial charge in [0.05, 0.1) is 12.4 Å². The second kappa shape index (κ2) is 9.17. The van der Waals surface area contributed by atoms with Gasteiger partial charge in [0.15, 0.2) is 0 Å². The number of hydrogen-bond donors (Lipinski definition) is 1. The quantitative estimate of drug-likeness (QED) is 0.614. The van der Waals surface area contributed by atoms with Crippen molar-refractivity contribution < 1.29 is 13.9 Å². The maximum Gasteiger partial charge on any atom is 0.277 e. The minimum atomic E-state index is -0.0957. The van der Waals surface area contributed by atoms with E-state index in [-0.39, 0.29) is 11.7 Å². The topological polar surface area (TPSA) is 77.2 Å². The van der Waals surface area contributed by atoms with Crippen molar-refractivity contribution in [2.75, 3.05) is 12.9 Å². The summed E-state index contributed by atoms with van der Waals surface area (Å²) >= 11 is 1.22. The molecule has 1 amide bonds. The number of carbonyl (C=O) groups is 1. The lowest BCUT2D eigenvalue weighted by molar-refractivity contribution is -0.118. The first-order valence-electron chi connectivity index (χ1n) is 8.10. The number of thioether (sulfide) groups is 1. The van der Waals surface area contributed by atoms with Crippen LogP contribution in [-0.2, 0) is 22.7 Å². The standard InChI is InChI=1S/C19H19N3O3S/c1-24-12-16-10-6-5-9-15(16)11-20-17(23)13-26-19-22-21-18(25-19)14-7-3-2-4-8-14/h2-10H,11-13H2,1H3,(H,20,23). The van der Waals surface area contributed by atoms with Crippen molar-refractivity contribution in [1.82, 2.24) is 15.5 Å². The van der Waals surface area contributed by atoms with Crippen LogP contribution in [0, 0.1) is 0 Å². The first-order chi connectivity index (χ1) is 12.8. The summed E-state index contributed by atoms with van der Waals surface area (Å²) < 4.78 is 10.8. The van der Waals surface area contributed by atoms with Gasteiger partial charge in [-0.1, -0.05) is 54.2 Å². The fourth-order valence-corrected chi connectivity index (χ4v) is 2.96. The van der Waals surface area contributed by atoms with Gasteiger partial charge in [0.25, 0.3) is 5.22 Å². The van der Waals surface area contributed by atoms with Crippen molar-refractivity contribution in [3.8, 4) is 11.5 Å². The number of rotatable bonds is 8. The number of amides is 1. The van der Waals surface area contributed by atoms with E-state index >= 15 is 0 Å². The Morgan fingerprint density at radius 2 is 1.81 bits per heavy atom. The minimum Gasteiger partial charge on any atom is -0.411 e. The number of ether oxygens (including phenoxy) is 1. The fourth-order valence-electron chi connectivity index (χ4n) is 2.36. The predicted octanol–water partition coefficient (Wildman–Crippen LogP) is 3.29. The molecule has 0 aliphatic heterocycles. The summed E-state index contributed by atoms with van der Waals surface area (Å²) in [6.45, 7) is 0.975. The zero-order chi connectivity index (χ0) is 18.2. The normalized spacial score (nSPS) is 10.7. The van der Waals surface area contributed by atoms with E-state index in [9.17, 15) is 4.79 Å². The zero-order valence-electron chi connectivity index (χ0n) is 14.3. The minimum absolute atomic E-state index is 0.0957. The van der Waals surface area contributed by atoms with E-state index in [0.717, 1.165) is 16.7 Å². The summed E-state index contributed by atoms with van der Waals surface area (Å²) in [6.07, 6.45) is 0. The van der Waals surface area contributed by atoms with E-state index in [1.807, 2.05) is 54.6 Å². The maximum atomic E-state index is 12.1. The number of nitrogens with one attached hydrogen (secondary N) is 1. The van der Waals surface area contributed by atoms with E-state index in [1.54, 1.807) is 7.11 Å². The molecule has 1 aromatic heterocycles. The van der Waals surface area contributed by atoms with E-state index in [0.29, 0.717) is 24.3 Å². The molecule has 0 fully saturated rings. The second-order valence-corrected chi connectivity index (χ2v) is 6.43. The molecule has 6 nitrogen and oxygen atoms in total. The summed E-state index contributed by atoms with van der Waals surface area (Å²) in [5.41, 5.74) is 2.95. The van der Waals surface area contributed by atoms with Crippen LogP contribution in [0.15, 0.2) is 64.2 Å². The molecule has 3 aromatic rings. The van der Waals surface area contributed by atoms with Crippen LogP contribution in [-0.4, -0.2) is 29.0 Å².